The van der Waals surface area contributed by atoms with Crippen LogP contribution in [0.1, 0.15) is 6.92 Å². The third kappa shape index (κ3) is 332. The fourth-order valence-corrected chi connectivity index (χ4v) is 0. The van der Waals surface area contributed by atoms with Gasteiger partial charge in [0.05, 0.1) is 0 Å². The van der Waals surface area contributed by atoms with Crippen molar-refractivity contribution in [3.05, 3.63) is 13.2 Å². The summed E-state index contributed by atoms with van der Waals surface area (Å²) in [7, 11) is 0. The zero-order valence-corrected chi connectivity index (χ0v) is 7.15. The molecule has 0 saturated carbocycles. The van der Waals surface area contributed by atoms with Crippen molar-refractivity contribution in [3.8, 4) is 0 Å². The van der Waals surface area contributed by atoms with E-state index >= 15 is 0 Å². The van der Waals surface area contributed by atoms with Gasteiger partial charge in [-0.25, -0.2) is 0 Å². The second kappa shape index (κ2) is 15.9. The molecule has 0 atom stereocenters. The van der Waals surface area contributed by atoms with Crippen LogP contribution in [-0.2, 0) is 0 Å². The van der Waals surface area contributed by atoms with Crippen molar-refractivity contribution in [3.63, 3.8) is 0 Å². The number of hydrogen-bond donors (Lipinski definition) is 2. The van der Waals surface area contributed by atoms with Crippen LogP contribution in [0.5, 0.6) is 0 Å². The second-order valence-corrected chi connectivity index (χ2v) is 0.859. The summed E-state index contributed by atoms with van der Waals surface area (Å²) in [6, 6.07) is 0. The number of nitrogens with two attached hydrogens (primary N) is 2. The Hall–Kier alpha value is 0.660. The number of hydrogen-bond acceptors (Lipinski definition) is 2. The maximum atomic E-state index is 4.89. The molecule has 0 amide bonds. The molecule has 0 bridgehead atoms. The molecule has 0 saturated heterocycles. The molecule has 0 aliphatic carbocycles. The summed E-state index contributed by atoms with van der Waals surface area (Å²) >= 11 is 0. The van der Waals surface area contributed by atoms with Crippen LogP contribution in [0.25, 0.3) is 0 Å². The molecular formula is C4H12N2Na+. The Bertz CT molecular complexity index is 20.9. The van der Waals surface area contributed by atoms with Crippen molar-refractivity contribution in [1.29, 1.82) is 0 Å². The second-order valence-electron chi connectivity index (χ2n) is 0.859. The van der Waals surface area contributed by atoms with Crippen LogP contribution >= 0.6 is 0 Å². The topological polar surface area (TPSA) is 52.0 Å². The molecule has 0 spiro atoms. The van der Waals surface area contributed by atoms with Crippen LogP contribution < -0.4 is 41.0 Å². The first kappa shape index (κ1) is 15.6. The van der Waals surface area contributed by atoms with Crippen LogP contribution in [-0.4, -0.2) is 6.17 Å². The molecular weight excluding hydrogens is 99.0 g/mol. The molecule has 0 aromatic heterocycles. The summed E-state index contributed by atoms with van der Waals surface area (Å²) < 4.78 is 0. The van der Waals surface area contributed by atoms with Crippen molar-refractivity contribution in [2.45, 2.75) is 13.1 Å². The van der Waals surface area contributed by atoms with Crippen LogP contribution in [0.15, 0.2) is 13.2 Å². The van der Waals surface area contributed by atoms with E-state index in [9.17, 15) is 0 Å². The molecule has 7 heavy (non-hydrogen) atoms. The van der Waals surface area contributed by atoms with E-state index in [1.807, 2.05) is 0 Å². The van der Waals surface area contributed by atoms with Gasteiger partial charge in [-0.15, -0.1) is 13.2 Å². The summed E-state index contributed by atoms with van der Waals surface area (Å²) in [6.45, 7) is 7.72. The average molecular weight is 111 g/mol. The smallest absolute Gasteiger partial charge is 0.316 e. The van der Waals surface area contributed by atoms with Crippen LogP contribution in [0.2, 0.25) is 0 Å². The van der Waals surface area contributed by atoms with Gasteiger partial charge in [-0.2, -0.15) is 0 Å². The van der Waals surface area contributed by atoms with E-state index in [2.05, 4.69) is 13.2 Å². The average Bonchev–Trinajstić information content (AvgIpc) is 1.41. The molecule has 0 unspecified atom stereocenters. The summed E-state index contributed by atoms with van der Waals surface area (Å²) in [5.74, 6) is 0. The standard InChI is InChI=1S/C2H8N2.C2H4.Na/c1-2(3)4;1-2;/h2H,3-4H2,1H3;1-2H2;/q;;+1. The van der Waals surface area contributed by atoms with E-state index < -0.39 is 0 Å². The Morgan fingerprint density at radius 2 is 1.29 bits per heavy atom. The maximum Gasteiger partial charge on any atom is 1.00 e. The van der Waals surface area contributed by atoms with Crippen LogP contribution in [0.4, 0.5) is 0 Å². The third-order valence-electron chi connectivity index (χ3n) is 0. The zero-order valence-electron chi connectivity index (χ0n) is 5.15. The molecule has 0 rings (SSSR count). The van der Waals surface area contributed by atoms with Gasteiger partial charge in [0, 0.05) is 6.17 Å². The molecule has 38 valence electrons. The normalized spacial score (nSPS) is 5.71. The Morgan fingerprint density at radius 1 is 1.29 bits per heavy atom. The fraction of sp³-hybridized carbons (Fsp3) is 0.500. The van der Waals surface area contributed by atoms with Gasteiger partial charge in [-0.05, 0) is 6.92 Å². The van der Waals surface area contributed by atoms with Gasteiger partial charge in [0.1, 0.15) is 0 Å². The molecule has 0 radical (unpaired) electrons. The van der Waals surface area contributed by atoms with Gasteiger partial charge in [-0.1, -0.05) is 0 Å². The largest absolute Gasteiger partial charge is 1.00 e. The minimum absolute atomic E-state index is 0. The van der Waals surface area contributed by atoms with Crippen LogP contribution in [0.3, 0.4) is 0 Å². The molecule has 0 aromatic carbocycles. The quantitative estimate of drug-likeness (QED) is 0.199. The monoisotopic (exact) mass is 111 g/mol. The van der Waals surface area contributed by atoms with Gasteiger partial charge in [-0.3, -0.25) is 0 Å². The maximum absolute atomic E-state index is 4.89. The van der Waals surface area contributed by atoms with Gasteiger partial charge < -0.3 is 11.5 Å². The summed E-state index contributed by atoms with van der Waals surface area (Å²) in [5.41, 5.74) is 9.78. The number of rotatable bonds is 0. The molecule has 2 nitrogen and oxygen atoms in total. The van der Waals surface area contributed by atoms with Gasteiger partial charge >= 0.3 is 29.6 Å². The predicted molar refractivity (Wildman–Crippen MR) is 29.1 cm³/mol. The minimum Gasteiger partial charge on any atom is -0.316 e. The van der Waals surface area contributed by atoms with E-state index in [-0.39, 0.29) is 35.7 Å². The van der Waals surface area contributed by atoms with Crippen molar-refractivity contribution in [2.24, 2.45) is 11.5 Å². The van der Waals surface area contributed by atoms with Crippen molar-refractivity contribution < 1.29 is 29.6 Å². The SMILES string of the molecule is C=C.CC(N)N.[Na+]. The summed E-state index contributed by atoms with van der Waals surface area (Å²) in [6.07, 6.45) is -0.167. The van der Waals surface area contributed by atoms with E-state index in [0.29, 0.717) is 0 Å². The molecule has 0 aliphatic heterocycles. The first-order chi connectivity index (χ1) is 2.73. The molecule has 3 heteroatoms. The fourth-order valence-electron chi connectivity index (χ4n) is 0. The molecule has 4 N–H and O–H groups in total. The van der Waals surface area contributed by atoms with Gasteiger partial charge in [0.15, 0.2) is 0 Å². The molecule has 0 heterocycles. The summed E-state index contributed by atoms with van der Waals surface area (Å²) in [4.78, 5) is 0. The van der Waals surface area contributed by atoms with Crippen molar-refractivity contribution >= 4 is 0 Å². The Labute approximate surface area is 67.2 Å². The van der Waals surface area contributed by atoms with E-state index in [0.717, 1.165) is 0 Å². The van der Waals surface area contributed by atoms with E-state index in [4.69, 9.17) is 11.5 Å². The molecule has 0 aromatic rings. The molecule has 0 aliphatic rings. The minimum atomic E-state index is -0.167. The van der Waals surface area contributed by atoms with Crippen molar-refractivity contribution in [1.82, 2.24) is 0 Å². The first-order valence-corrected chi connectivity index (χ1v) is 1.74. The first-order valence-electron chi connectivity index (χ1n) is 1.74. The summed E-state index contributed by atoms with van der Waals surface area (Å²) in [5, 5.41) is 0. The van der Waals surface area contributed by atoms with Crippen LogP contribution in [0, 0.1) is 0 Å². The predicted octanol–water partition coefficient (Wildman–Crippen LogP) is -2.94. The Morgan fingerprint density at radius 3 is 1.29 bits per heavy atom. The van der Waals surface area contributed by atoms with Gasteiger partial charge in [0.25, 0.3) is 0 Å². The Balaban J connectivity index is -0.0000000480. The van der Waals surface area contributed by atoms with E-state index in [1.54, 1.807) is 6.92 Å². The van der Waals surface area contributed by atoms with Gasteiger partial charge in [0.2, 0.25) is 0 Å². The molecule has 0 fully saturated rings. The van der Waals surface area contributed by atoms with E-state index in [1.165, 1.54) is 0 Å². The third-order valence-corrected chi connectivity index (χ3v) is 0. The van der Waals surface area contributed by atoms with Crippen molar-refractivity contribution in [2.75, 3.05) is 0 Å². The Kier molecular flexibility index (Phi) is 35.6. The zero-order chi connectivity index (χ0) is 5.58.